The van der Waals surface area contributed by atoms with Crippen molar-refractivity contribution in [1.29, 1.82) is 0 Å². The largest absolute Gasteiger partial charge is 0.423 e. The zero-order valence-corrected chi connectivity index (χ0v) is 10.3. The van der Waals surface area contributed by atoms with E-state index in [-0.39, 0.29) is 30.5 Å². The van der Waals surface area contributed by atoms with Gasteiger partial charge < -0.3 is 9.47 Å². The summed E-state index contributed by atoms with van der Waals surface area (Å²) < 4.78 is 10.2. The van der Waals surface area contributed by atoms with E-state index < -0.39 is 0 Å². The minimum atomic E-state index is -0.359. The molecule has 0 saturated carbocycles. The molecule has 4 nitrogen and oxygen atoms in total. The fraction of sp³-hybridized carbons (Fsp3) is 0.385. The third-order valence-electron chi connectivity index (χ3n) is 2.12. The molecular formula is C13H16O4. The highest BCUT2D eigenvalue weighted by Crippen LogP contribution is 2.28. The molecule has 0 aromatic heterocycles. The minimum Gasteiger partial charge on any atom is -0.423 e. The first-order chi connectivity index (χ1) is 8.06. The normalized spacial score (nSPS) is 9.82. The van der Waals surface area contributed by atoms with Gasteiger partial charge in [0.1, 0.15) is 0 Å². The number of hydrogen-bond donors (Lipinski definition) is 0. The number of hydrogen-bond acceptors (Lipinski definition) is 4. The van der Waals surface area contributed by atoms with E-state index in [0.29, 0.717) is 5.75 Å². The molecule has 0 aliphatic carbocycles. The van der Waals surface area contributed by atoms with E-state index in [1.54, 1.807) is 32.0 Å². The maximum Gasteiger partial charge on any atom is 0.311 e. The van der Waals surface area contributed by atoms with Crippen LogP contribution in [0.4, 0.5) is 0 Å². The summed E-state index contributed by atoms with van der Waals surface area (Å²) in [5.74, 6) is -0.144. The molecule has 0 atom stereocenters. The Labute approximate surface area is 101 Å². The molecule has 1 rings (SSSR count). The second-order valence-corrected chi connectivity index (χ2v) is 3.61. The van der Waals surface area contributed by atoms with Crippen molar-refractivity contribution in [2.24, 2.45) is 0 Å². The Balaban J connectivity index is 2.95. The van der Waals surface area contributed by atoms with Crippen LogP contribution in [0.2, 0.25) is 0 Å². The van der Waals surface area contributed by atoms with Gasteiger partial charge in [-0.2, -0.15) is 0 Å². The molecule has 0 unspecified atom stereocenters. The maximum absolute atomic E-state index is 11.2. The van der Waals surface area contributed by atoms with Crippen molar-refractivity contribution in [1.82, 2.24) is 0 Å². The summed E-state index contributed by atoms with van der Waals surface area (Å²) in [7, 11) is 0. The first-order valence-electron chi connectivity index (χ1n) is 5.58. The number of carbonyl (C=O) groups excluding carboxylic acids is 2. The highest BCUT2D eigenvalue weighted by Gasteiger charge is 2.12. The van der Waals surface area contributed by atoms with Crippen molar-refractivity contribution in [2.45, 2.75) is 33.6 Å². The molecule has 0 amide bonds. The first-order valence-corrected chi connectivity index (χ1v) is 5.58. The van der Waals surface area contributed by atoms with Crippen LogP contribution >= 0.6 is 0 Å². The van der Waals surface area contributed by atoms with Gasteiger partial charge in [-0.15, -0.1) is 0 Å². The van der Waals surface area contributed by atoms with Crippen LogP contribution in [0.25, 0.3) is 0 Å². The predicted molar refractivity (Wildman–Crippen MR) is 63.0 cm³/mol. The highest BCUT2D eigenvalue weighted by atomic mass is 16.6. The van der Waals surface area contributed by atoms with E-state index >= 15 is 0 Å². The number of carbonyl (C=O) groups is 2. The second-order valence-electron chi connectivity index (χ2n) is 3.61. The van der Waals surface area contributed by atoms with Crippen molar-refractivity contribution >= 4 is 11.9 Å². The molecule has 17 heavy (non-hydrogen) atoms. The molecule has 0 N–H and O–H groups in total. The molecule has 1 aromatic rings. The van der Waals surface area contributed by atoms with E-state index in [1.165, 1.54) is 0 Å². The van der Waals surface area contributed by atoms with Gasteiger partial charge in [-0.1, -0.05) is 19.9 Å². The van der Waals surface area contributed by atoms with Crippen LogP contribution in [0.1, 0.15) is 32.3 Å². The van der Waals surface area contributed by atoms with Crippen molar-refractivity contribution in [3.8, 4) is 11.5 Å². The second kappa shape index (κ2) is 6.03. The van der Waals surface area contributed by atoms with Crippen LogP contribution in [0.15, 0.2) is 18.2 Å². The SMILES string of the molecule is CCC(=O)Oc1ccc(C)cc1OC(=O)CC. The molecule has 0 saturated heterocycles. The van der Waals surface area contributed by atoms with E-state index in [1.807, 2.05) is 6.92 Å². The lowest BCUT2D eigenvalue weighted by Gasteiger charge is -2.10. The van der Waals surface area contributed by atoms with E-state index in [2.05, 4.69) is 0 Å². The molecule has 0 aliphatic rings. The zero-order chi connectivity index (χ0) is 12.8. The molecule has 0 aliphatic heterocycles. The van der Waals surface area contributed by atoms with Crippen molar-refractivity contribution in [3.05, 3.63) is 23.8 Å². The van der Waals surface area contributed by atoms with E-state index in [4.69, 9.17) is 9.47 Å². The Kier molecular flexibility index (Phi) is 4.69. The molecule has 0 radical (unpaired) electrons. The molecule has 0 fully saturated rings. The molecule has 1 aromatic carbocycles. The Morgan fingerprint density at radius 3 is 2.06 bits per heavy atom. The Morgan fingerprint density at radius 1 is 1.00 bits per heavy atom. The van der Waals surface area contributed by atoms with Gasteiger partial charge in [-0.25, -0.2) is 0 Å². The number of esters is 2. The molecule has 4 heteroatoms. The van der Waals surface area contributed by atoms with Gasteiger partial charge in [0.25, 0.3) is 0 Å². The predicted octanol–water partition coefficient (Wildman–Crippen LogP) is 2.63. The number of aryl methyl sites for hydroxylation is 1. The topological polar surface area (TPSA) is 52.6 Å². The van der Waals surface area contributed by atoms with Crippen LogP contribution in [-0.4, -0.2) is 11.9 Å². The lowest BCUT2D eigenvalue weighted by molar-refractivity contribution is -0.136. The monoisotopic (exact) mass is 236 g/mol. The van der Waals surface area contributed by atoms with Crippen LogP contribution in [0, 0.1) is 6.92 Å². The minimum absolute atomic E-state index is 0.273. The summed E-state index contributed by atoms with van der Waals surface area (Å²) in [6.45, 7) is 5.28. The summed E-state index contributed by atoms with van der Waals surface area (Å²) >= 11 is 0. The fourth-order valence-corrected chi connectivity index (χ4v) is 1.17. The van der Waals surface area contributed by atoms with Gasteiger partial charge in [0.05, 0.1) is 0 Å². The van der Waals surface area contributed by atoms with Crippen LogP contribution < -0.4 is 9.47 Å². The van der Waals surface area contributed by atoms with Gasteiger partial charge in [-0.05, 0) is 24.6 Å². The summed E-state index contributed by atoms with van der Waals surface area (Å²) in [6.07, 6.45) is 0.546. The van der Waals surface area contributed by atoms with Gasteiger partial charge in [-0.3, -0.25) is 9.59 Å². The fourth-order valence-electron chi connectivity index (χ4n) is 1.17. The first kappa shape index (κ1) is 13.2. The van der Waals surface area contributed by atoms with Gasteiger partial charge in [0, 0.05) is 12.8 Å². The molecule has 0 heterocycles. The zero-order valence-electron chi connectivity index (χ0n) is 10.3. The lowest BCUT2D eigenvalue weighted by atomic mass is 10.2. The molecule has 92 valence electrons. The number of rotatable bonds is 4. The van der Waals surface area contributed by atoms with Crippen molar-refractivity contribution in [2.75, 3.05) is 0 Å². The van der Waals surface area contributed by atoms with Crippen LogP contribution in [-0.2, 0) is 9.59 Å². The summed E-state index contributed by atoms with van der Waals surface area (Å²) in [5.41, 5.74) is 0.931. The van der Waals surface area contributed by atoms with Gasteiger partial charge in [0.2, 0.25) is 0 Å². The Bertz CT molecular complexity index is 423. The third kappa shape index (κ3) is 3.90. The number of benzene rings is 1. The third-order valence-corrected chi connectivity index (χ3v) is 2.12. The standard InChI is InChI=1S/C13H16O4/c1-4-12(14)16-10-7-6-9(3)8-11(10)17-13(15)5-2/h6-8H,4-5H2,1-3H3. The molecule has 0 spiro atoms. The lowest BCUT2D eigenvalue weighted by Crippen LogP contribution is -2.10. The Hall–Kier alpha value is -1.84. The van der Waals surface area contributed by atoms with Crippen molar-refractivity contribution in [3.63, 3.8) is 0 Å². The summed E-state index contributed by atoms with van der Waals surface area (Å²) in [6, 6.07) is 5.09. The average molecular weight is 236 g/mol. The Morgan fingerprint density at radius 2 is 1.53 bits per heavy atom. The smallest absolute Gasteiger partial charge is 0.311 e. The summed E-state index contributed by atoms with van der Waals surface area (Å²) in [4.78, 5) is 22.4. The highest BCUT2D eigenvalue weighted by molar-refractivity contribution is 5.75. The average Bonchev–Trinajstić information content (AvgIpc) is 2.32. The molecular weight excluding hydrogens is 220 g/mol. The summed E-state index contributed by atoms with van der Waals surface area (Å²) in [5, 5.41) is 0. The van der Waals surface area contributed by atoms with Gasteiger partial charge in [0.15, 0.2) is 11.5 Å². The molecule has 0 bridgehead atoms. The van der Waals surface area contributed by atoms with E-state index in [9.17, 15) is 9.59 Å². The van der Waals surface area contributed by atoms with Crippen LogP contribution in [0.3, 0.4) is 0 Å². The quantitative estimate of drug-likeness (QED) is 0.595. The van der Waals surface area contributed by atoms with Gasteiger partial charge >= 0.3 is 11.9 Å². The van der Waals surface area contributed by atoms with E-state index in [0.717, 1.165) is 5.56 Å². The maximum atomic E-state index is 11.2. The number of ether oxygens (including phenoxy) is 2. The van der Waals surface area contributed by atoms with Crippen molar-refractivity contribution < 1.29 is 19.1 Å². The van der Waals surface area contributed by atoms with Crippen LogP contribution in [0.5, 0.6) is 11.5 Å².